The Bertz CT molecular complexity index is 404. The topological polar surface area (TPSA) is 29.1 Å². The van der Waals surface area contributed by atoms with Crippen molar-refractivity contribution in [3.05, 3.63) is 29.3 Å². The summed E-state index contributed by atoms with van der Waals surface area (Å²) in [5, 5.41) is 2.59. The lowest BCUT2D eigenvalue weighted by molar-refractivity contribution is -0.137. The normalized spacial score (nSPS) is 11.3. The first-order chi connectivity index (χ1) is 7.34. The van der Waals surface area contributed by atoms with E-state index in [1.165, 1.54) is 13.0 Å². The number of anilines is 1. The summed E-state index contributed by atoms with van der Waals surface area (Å²) in [6, 6.07) is 3.19. The van der Waals surface area contributed by atoms with Crippen LogP contribution in [0.3, 0.4) is 0 Å². The van der Waals surface area contributed by atoms with E-state index in [-0.39, 0.29) is 11.2 Å². The molecule has 6 heteroatoms. The highest BCUT2D eigenvalue weighted by atomic mass is 79.9. The summed E-state index contributed by atoms with van der Waals surface area (Å²) < 4.78 is 37.0. The molecule has 1 N–H and O–H groups in total. The predicted octanol–water partition coefficient (Wildman–Crippen LogP) is 3.35. The Kier molecular flexibility index (Phi) is 3.96. The molecule has 0 saturated carbocycles. The van der Waals surface area contributed by atoms with Crippen molar-refractivity contribution < 1.29 is 18.0 Å². The third kappa shape index (κ3) is 3.23. The van der Waals surface area contributed by atoms with Crippen molar-refractivity contribution >= 4 is 27.5 Å². The SMILES string of the molecule is Cc1cc(C(F)(F)F)ccc1NC(=O)CBr. The molecule has 0 heterocycles. The summed E-state index contributed by atoms with van der Waals surface area (Å²) >= 11 is 2.95. The third-order valence-corrected chi connectivity index (χ3v) is 2.46. The molecule has 2 nitrogen and oxygen atoms in total. The molecule has 0 unspecified atom stereocenters. The fourth-order valence-electron chi connectivity index (χ4n) is 1.16. The molecule has 0 aliphatic heterocycles. The van der Waals surface area contributed by atoms with Gasteiger partial charge in [-0.3, -0.25) is 4.79 Å². The Morgan fingerprint density at radius 3 is 2.50 bits per heavy atom. The number of carbonyl (C=O) groups excluding carboxylic acids is 1. The summed E-state index contributed by atoms with van der Waals surface area (Å²) in [6.07, 6.45) is -4.36. The average molecular weight is 296 g/mol. The van der Waals surface area contributed by atoms with E-state index in [0.29, 0.717) is 11.3 Å². The highest BCUT2D eigenvalue weighted by molar-refractivity contribution is 9.09. The van der Waals surface area contributed by atoms with Gasteiger partial charge >= 0.3 is 6.18 Å². The van der Waals surface area contributed by atoms with Crippen LogP contribution in [0.5, 0.6) is 0 Å². The van der Waals surface area contributed by atoms with Gasteiger partial charge in [-0.15, -0.1) is 0 Å². The van der Waals surface area contributed by atoms with Gasteiger partial charge in [-0.1, -0.05) is 15.9 Å². The maximum Gasteiger partial charge on any atom is 0.416 e. The van der Waals surface area contributed by atoms with Gasteiger partial charge in [-0.25, -0.2) is 0 Å². The van der Waals surface area contributed by atoms with Crippen molar-refractivity contribution in [2.24, 2.45) is 0 Å². The number of carbonyl (C=O) groups is 1. The Morgan fingerprint density at radius 2 is 2.06 bits per heavy atom. The highest BCUT2D eigenvalue weighted by Crippen LogP contribution is 2.31. The molecule has 0 radical (unpaired) electrons. The number of hydrogen-bond donors (Lipinski definition) is 1. The van der Waals surface area contributed by atoms with E-state index in [1.807, 2.05) is 0 Å². The van der Waals surface area contributed by atoms with Crippen molar-refractivity contribution in [2.75, 3.05) is 10.6 Å². The van der Waals surface area contributed by atoms with Crippen LogP contribution in [0.2, 0.25) is 0 Å². The molecule has 1 aromatic rings. The van der Waals surface area contributed by atoms with Crippen LogP contribution in [0, 0.1) is 6.92 Å². The van der Waals surface area contributed by atoms with Gasteiger partial charge in [0.1, 0.15) is 0 Å². The number of rotatable bonds is 2. The number of amides is 1. The largest absolute Gasteiger partial charge is 0.416 e. The molecule has 0 aliphatic carbocycles. The van der Waals surface area contributed by atoms with E-state index >= 15 is 0 Å². The predicted molar refractivity (Wildman–Crippen MR) is 58.6 cm³/mol. The number of alkyl halides is 4. The van der Waals surface area contributed by atoms with E-state index in [2.05, 4.69) is 21.2 Å². The lowest BCUT2D eigenvalue weighted by atomic mass is 10.1. The molecule has 88 valence electrons. The Labute approximate surface area is 99.0 Å². The Morgan fingerprint density at radius 1 is 1.44 bits per heavy atom. The van der Waals surface area contributed by atoms with Gasteiger partial charge in [0.05, 0.1) is 10.9 Å². The molecule has 0 spiro atoms. The van der Waals surface area contributed by atoms with E-state index in [4.69, 9.17) is 0 Å². The zero-order chi connectivity index (χ0) is 12.3. The van der Waals surface area contributed by atoms with Gasteiger partial charge in [0.2, 0.25) is 5.91 Å². The van der Waals surface area contributed by atoms with Crippen molar-refractivity contribution in [3.63, 3.8) is 0 Å². The number of nitrogens with one attached hydrogen (secondary N) is 1. The summed E-state index contributed by atoms with van der Waals surface area (Å²) in [7, 11) is 0. The Balaban J connectivity index is 2.96. The van der Waals surface area contributed by atoms with Crippen LogP contribution in [0.4, 0.5) is 18.9 Å². The standard InChI is InChI=1S/C10H9BrF3NO/c1-6-4-7(10(12,13)14)2-3-8(6)15-9(16)5-11/h2-4H,5H2,1H3,(H,15,16). The number of aryl methyl sites for hydroxylation is 1. The van der Waals surface area contributed by atoms with Crippen molar-refractivity contribution in [1.82, 2.24) is 0 Å². The van der Waals surface area contributed by atoms with Crippen LogP contribution in [0.1, 0.15) is 11.1 Å². The summed E-state index contributed by atoms with van der Waals surface area (Å²) in [4.78, 5) is 11.0. The first-order valence-electron chi connectivity index (χ1n) is 4.38. The van der Waals surface area contributed by atoms with Gasteiger partial charge < -0.3 is 5.32 Å². The summed E-state index contributed by atoms with van der Waals surface area (Å²) in [6.45, 7) is 1.51. The maximum atomic E-state index is 12.3. The number of halogens is 4. The first kappa shape index (κ1) is 13.0. The van der Waals surface area contributed by atoms with E-state index in [0.717, 1.165) is 12.1 Å². The molecule has 0 atom stereocenters. The van der Waals surface area contributed by atoms with Crippen molar-refractivity contribution in [1.29, 1.82) is 0 Å². The minimum Gasteiger partial charge on any atom is -0.325 e. The molecule has 1 aromatic carbocycles. The van der Waals surface area contributed by atoms with Crippen LogP contribution in [-0.4, -0.2) is 11.2 Å². The van der Waals surface area contributed by atoms with Gasteiger partial charge in [0.25, 0.3) is 0 Å². The molecule has 0 saturated heterocycles. The number of hydrogen-bond acceptors (Lipinski definition) is 1. The lowest BCUT2D eigenvalue weighted by Crippen LogP contribution is -2.14. The van der Waals surface area contributed by atoms with Gasteiger partial charge in [0.15, 0.2) is 0 Å². The fraction of sp³-hybridized carbons (Fsp3) is 0.300. The second kappa shape index (κ2) is 4.86. The zero-order valence-corrected chi connectivity index (χ0v) is 9.95. The van der Waals surface area contributed by atoms with Crippen LogP contribution >= 0.6 is 15.9 Å². The van der Waals surface area contributed by atoms with Crippen LogP contribution in [-0.2, 0) is 11.0 Å². The molecule has 1 rings (SSSR count). The summed E-state index contributed by atoms with van der Waals surface area (Å²) in [5.41, 5.74) is 0.0448. The molecular formula is C10H9BrF3NO. The quantitative estimate of drug-likeness (QED) is 0.833. The van der Waals surface area contributed by atoms with E-state index in [1.54, 1.807) is 0 Å². The van der Waals surface area contributed by atoms with Crippen LogP contribution in [0.25, 0.3) is 0 Å². The summed E-state index contributed by atoms with van der Waals surface area (Å²) in [5.74, 6) is -0.303. The van der Waals surface area contributed by atoms with Crippen LogP contribution in [0.15, 0.2) is 18.2 Å². The maximum absolute atomic E-state index is 12.3. The Hall–Kier alpha value is -1.04. The van der Waals surface area contributed by atoms with Crippen molar-refractivity contribution in [3.8, 4) is 0 Å². The van der Waals surface area contributed by atoms with E-state index in [9.17, 15) is 18.0 Å². The minimum absolute atomic E-state index is 0.105. The van der Waals surface area contributed by atoms with Gasteiger partial charge in [-0.2, -0.15) is 13.2 Å². The molecule has 1 amide bonds. The first-order valence-corrected chi connectivity index (χ1v) is 5.50. The highest BCUT2D eigenvalue weighted by Gasteiger charge is 2.30. The third-order valence-electron chi connectivity index (χ3n) is 1.95. The molecular weight excluding hydrogens is 287 g/mol. The van der Waals surface area contributed by atoms with Gasteiger partial charge in [-0.05, 0) is 30.7 Å². The minimum atomic E-state index is -4.36. The molecule has 16 heavy (non-hydrogen) atoms. The average Bonchev–Trinajstić information content (AvgIpc) is 2.19. The zero-order valence-electron chi connectivity index (χ0n) is 8.36. The number of benzene rings is 1. The fourth-order valence-corrected chi connectivity index (χ4v) is 1.30. The van der Waals surface area contributed by atoms with Crippen LogP contribution < -0.4 is 5.32 Å². The monoisotopic (exact) mass is 295 g/mol. The molecule has 0 fully saturated rings. The smallest absolute Gasteiger partial charge is 0.325 e. The molecule has 0 aliphatic rings. The van der Waals surface area contributed by atoms with E-state index < -0.39 is 11.7 Å². The van der Waals surface area contributed by atoms with Crippen molar-refractivity contribution in [2.45, 2.75) is 13.1 Å². The second-order valence-electron chi connectivity index (χ2n) is 3.21. The van der Waals surface area contributed by atoms with Gasteiger partial charge in [0, 0.05) is 5.69 Å². The lowest BCUT2D eigenvalue weighted by Gasteiger charge is -2.11. The molecule has 0 bridgehead atoms. The second-order valence-corrected chi connectivity index (χ2v) is 3.77. The molecule has 0 aromatic heterocycles.